The third-order valence-electron chi connectivity index (χ3n) is 3.07. The first-order valence-electron chi connectivity index (χ1n) is 7.11. The van der Waals surface area contributed by atoms with Crippen molar-refractivity contribution in [2.45, 2.75) is 18.9 Å². The van der Waals surface area contributed by atoms with E-state index in [0.29, 0.717) is 22.7 Å². The number of hydrogen-bond acceptors (Lipinski definition) is 4. The molecule has 0 radical (unpaired) electrons. The van der Waals surface area contributed by atoms with Crippen molar-refractivity contribution >= 4 is 47.4 Å². The van der Waals surface area contributed by atoms with Crippen LogP contribution in [0.15, 0.2) is 41.5 Å². The molecular formula is C16H17Cl2F4N3OS. The minimum atomic E-state index is -4.41. The third kappa shape index (κ3) is 8.68. The van der Waals surface area contributed by atoms with Crippen molar-refractivity contribution in [1.29, 1.82) is 0 Å². The van der Waals surface area contributed by atoms with Gasteiger partial charge in [0.1, 0.15) is 11.6 Å². The van der Waals surface area contributed by atoms with Crippen LogP contribution in [-0.2, 0) is 5.75 Å². The van der Waals surface area contributed by atoms with E-state index in [0.717, 1.165) is 0 Å². The van der Waals surface area contributed by atoms with E-state index in [4.69, 9.17) is 10.5 Å². The molecule has 2 aromatic rings. The molecule has 0 aliphatic carbocycles. The van der Waals surface area contributed by atoms with E-state index in [1.54, 1.807) is 6.92 Å². The SMILES string of the molecule is Cc1c(OCC(F)(F)F)ccnc1CSC(N)=Nc1ccc(F)cc1.Cl.Cl. The number of benzene rings is 1. The number of amidine groups is 1. The molecule has 0 amide bonds. The molecule has 150 valence electrons. The van der Waals surface area contributed by atoms with Gasteiger partial charge in [0.25, 0.3) is 0 Å². The maximum absolute atomic E-state index is 12.8. The van der Waals surface area contributed by atoms with Crippen molar-refractivity contribution < 1.29 is 22.3 Å². The van der Waals surface area contributed by atoms with Gasteiger partial charge in [-0.05, 0) is 37.3 Å². The standard InChI is InChI=1S/C16H15F4N3OS.2ClH/c1-10-13(22-7-6-14(10)24-9-16(18,19)20)8-25-15(21)23-12-4-2-11(17)3-5-12;;/h2-7H,8-9H2,1H3,(H2,21,23);2*1H. The van der Waals surface area contributed by atoms with Crippen molar-refractivity contribution in [3.05, 3.63) is 53.6 Å². The van der Waals surface area contributed by atoms with E-state index in [1.807, 2.05) is 0 Å². The van der Waals surface area contributed by atoms with Crippen molar-refractivity contribution in [1.82, 2.24) is 4.98 Å². The molecule has 0 spiro atoms. The highest BCUT2D eigenvalue weighted by atomic mass is 35.5. The maximum atomic E-state index is 12.8. The van der Waals surface area contributed by atoms with Gasteiger partial charge in [-0.1, -0.05) is 11.8 Å². The summed E-state index contributed by atoms with van der Waals surface area (Å²) in [6, 6.07) is 6.88. The Morgan fingerprint density at radius 1 is 1.19 bits per heavy atom. The van der Waals surface area contributed by atoms with E-state index >= 15 is 0 Å². The van der Waals surface area contributed by atoms with Gasteiger partial charge < -0.3 is 10.5 Å². The smallest absolute Gasteiger partial charge is 0.422 e. The van der Waals surface area contributed by atoms with Gasteiger partial charge >= 0.3 is 6.18 Å². The predicted octanol–water partition coefficient (Wildman–Crippen LogP) is 5.19. The highest BCUT2D eigenvalue weighted by Gasteiger charge is 2.28. The Hall–Kier alpha value is -1.71. The number of thioether (sulfide) groups is 1. The largest absolute Gasteiger partial charge is 0.484 e. The molecule has 27 heavy (non-hydrogen) atoms. The maximum Gasteiger partial charge on any atom is 0.422 e. The van der Waals surface area contributed by atoms with Crippen LogP contribution < -0.4 is 10.5 Å². The molecule has 4 nitrogen and oxygen atoms in total. The van der Waals surface area contributed by atoms with E-state index < -0.39 is 12.8 Å². The molecule has 0 saturated carbocycles. The van der Waals surface area contributed by atoms with Crippen LogP contribution in [0.3, 0.4) is 0 Å². The molecule has 0 saturated heterocycles. The number of alkyl halides is 3. The molecule has 0 bridgehead atoms. The van der Waals surface area contributed by atoms with Crippen LogP contribution in [0.2, 0.25) is 0 Å². The number of aromatic nitrogens is 1. The van der Waals surface area contributed by atoms with E-state index in [2.05, 4.69) is 9.98 Å². The Kier molecular flexibility index (Phi) is 10.5. The van der Waals surface area contributed by atoms with Crippen molar-refractivity contribution in [2.75, 3.05) is 6.61 Å². The summed E-state index contributed by atoms with van der Waals surface area (Å²) in [7, 11) is 0. The Morgan fingerprint density at radius 3 is 2.41 bits per heavy atom. The summed E-state index contributed by atoms with van der Waals surface area (Å²) in [6.07, 6.45) is -3.03. The minimum absolute atomic E-state index is 0. The summed E-state index contributed by atoms with van der Waals surface area (Å²) in [5, 5.41) is 0.231. The number of halogens is 6. The second-order valence-electron chi connectivity index (χ2n) is 5.00. The fourth-order valence-corrected chi connectivity index (χ4v) is 2.58. The molecule has 1 heterocycles. The highest BCUT2D eigenvalue weighted by Crippen LogP contribution is 2.25. The Morgan fingerprint density at radius 2 is 1.81 bits per heavy atom. The molecule has 1 aromatic carbocycles. The molecule has 0 aliphatic heterocycles. The number of nitrogens with two attached hydrogens (primary N) is 1. The summed E-state index contributed by atoms with van der Waals surface area (Å²) >= 11 is 1.17. The molecule has 0 fully saturated rings. The molecule has 1 aromatic heterocycles. The van der Waals surface area contributed by atoms with Gasteiger partial charge in [-0.3, -0.25) is 4.98 Å². The zero-order chi connectivity index (χ0) is 18.4. The van der Waals surface area contributed by atoms with Crippen LogP contribution in [-0.4, -0.2) is 22.9 Å². The van der Waals surface area contributed by atoms with Gasteiger partial charge in [-0.2, -0.15) is 13.2 Å². The number of rotatable bonds is 5. The van der Waals surface area contributed by atoms with Crippen LogP contribution in [0.5, 0.6) is 5.75 Å². The highest BCUT2D eigenvalue weighted by molar-refractivity contribution is 8.13. The van der Waals surface area contributed by atoms with Gasteiger partial charge in [0.15, 0.2) is 11.8 Å². The molecule has 2 rings (SSSR count). The van der Waals surface area contributed by atoms with Gasteiger partial charge in [-0.15, -0.1) is 24.8 Å². The number of nitrogens with zero attached hydrogens (tertiary/aromatic N) is 2. The molecule has 2 N–H and O–H groups in total. The second kappa shape index (κ2) is 11.2. The topological polar surface area (TPSA) is 60.5 Å². The van der Waals surface area contributed by atoms with E-state index in [1.165, 1.54) is 48.3 Å². The van der Waals surface area contributed by atoms with Crippen molar-refractivity contribution in [3.8, 4) is 5.75 Å². The summed E-state index contributed by atoms with van der Waals surface area (Å²) in [6.45, 7) is 0.264. The quantitative estimate of drug-likeness (QED) is 0.390. The molecular weight excluding hydrogens is 429 g/mol. The summed E-state index contributed by atoms with van der Waals surface area (Å²) in [5.74, 6) is 0.0589. The molecule has 11 heteroatoms. The number of hydrogen-bond donors (Lipinski definition) is 1. The lowest BCUT2D eigenvalue weighted by Crippen LogP contribution is -2.19. The van der Waals surface area contributed by atoms with Gasteiger partial charge in [0.05, 0.1) is 11.4 Å². The summed E-state index contributed by atoms with van der Waals surface area (Å²) in [5.41, 5.74) is 7.36. The predicted molar refractivity (Wildman–Crippen MR) is 104 cm³/mol. The van der Waals surface area contributed by atoms with E-state index in [-0.39, 0.29) is 41.5 Å². The Labute approximate surface area is 170 Å². The monoisotopic (exact) mass is 445 g/mol. The first-order valence-corrected chi connectivity index (χ1v) is 8.10. The molecule has 0 atom stereocenters. The first kappa shape index (κ1) is 25.3. The minimum Gasteiger partial charge on any atom is -0.484 e. The first-order chi connectivity index (χ1) is 11.7. The average Bonchev–Trinajstić information content (AvgIpc) is 2.54. The van der Waals surface area contributed by atoms with Gasteiger partial charge in [0.2, 0.25) is 0 Å². The molecule has 0 unspecified atom stereocenters. The summed E-state index contributed by atoms with van der Waals surface area (Å²) in [4.78, 5) is 8.25. The third-order valence-corrected chi connectivity index (χ3v) is 3.88. The van der Waals surface area contributed by atoms with Crippen LogP contribution in [0, 0.1) is 12.7 Å². The fraction of sp³-hybridized carbons (Fsp3) is 0.250. The lowest BCUT2D eigenvalue weighted by molar-refractivity contribution is -0.153. The lowest BCUT2D eigenvalue weighted by atomic mass is 10.2. The number of pyridine rings is 1. The zero-order valence-corrected chi connectivity index (χ0v) is 16.4. The summed E-state index contributed by atoms with van der Waals surface area (Å²) < 4.78 is 54.4. The zero-order valence-electron chi connectivity index (χ0n) is 14.0. The second-order valence-corrected chi connectivity index (χ2v) is 6.00. The number of ether oxygens (including phenoxy) is 1. The Bertz CT molecular complexity index is 758. The van der Waals surface area contributed by atoms with Crippen LogP contribution in [0.25, 0.3) is 0 Å². The lowest BCUT2D eigenvalue weighted by Gasteiger charge is -2.13. The fourth-order valence-electron chi connectivity index (χ4n) is 1.84. The normalized spacial score (nSPS) is 11.4. The van der Waals surface area contributed by atoms with Crippen molar-refractivity contribution in [3.63, 3.8) is 0 Å². The van der Waals surface area contributed by atoms with Crippen molar-refractivity contribution in [2.24, 2.45) is 10.7 Å². The Balaban J connectivity index is 0.00000338. The van der Waals surface area contributed by atoms with Crippen LogP contribution in [0.4, 0.5) is 23.2 Å². The average molecular weight is 446 g/mol. The van der Waals surface area contributed by atoms with Crippen LogP contribution in [0.1, 0.15) is 11.3 Å². The van der Waals surface area contributed by atoms with Gasteiger partial charge in [-0.25, -0.2) is 9.38 Å². The van der Waals surface area contributed by atoms with E-state index in [9.17, 15) is 17.6 Å². The van der Waals surface area contributed by atoms with Crippen LogP contribution >= 0.6 is 36.6 Å². The van der Waals surface area contributed by atoms with Gasteiger partial charge in [0, 0.05) is 17.5 Å². The molecule has 0 aliphatic rings. The number of aliphatic imine (C=N–C) groups is 1.